The number of nitrogens with zero attached hydrogens (tertiary/aromatic N) is 1. The average molecular weight is 298 g/mol. The van der Waals surface area contributed by atoms with Gasteiger partial charge in [0.25, 0.3) is 0 Å². The summed E-state index contributed by atoms with van der Waals surface area (Å²) in [5.74, 6) is 0. The number of aryl methyl sites for hydroxylation is 1. The molecule has 0 aliphatic heterocycles. The number of nitrogens with one attached hydrogen (secondary N) is 1. The molecule has 0 saturated carbocycles. The number of fused-ring (bicyclic) bond motifs is 1. The number of anilines is 2. The third kappa shape index (κ3) is 2.93. The lowest BCUT2D eigenvalue weighted by Crippen LogP contribution is -2.02. The van der Waals surface area contributed by atoms with Gasteiger partial charge in [0.1, 0.15) is 0 Å². The molecule has 0 bridgehead atoms. The van der Waals surface area contributed by atoms with Crippen LogP contribution in [0.4, 0.5) is 11.4 Å². The molecule has 1 aromatic heterocycles. The van der Waals surface area contributed by atoms with Crippen LogP contribution < -0.4 is 11.1 Å². The number of pyridine rings is 1. The molecule has 1 heterocycles. The minimum Gasteiger partial charge on any atom is -0.399 e. The third-order valence-electron chi connectivity index (χ3n) is 3.39. The van der Waals surface area contributed by atoms with E-state index in [2.05, 4.69) is 10.3 Å². The molecule has 0 amide bonds. The molecule has 4 heteroatoms. The molecule has 0 unspecified atom stereocenters. The van der Waals surface area contributed by atoms with Gasteiger partial charge in [-0.2, -0.15) is 0 Å². The monoisotopic (exact) mass is 297 g/mol. The van der Waals surface area contributed by atoms with Crippen molar-refractivity contribution in [1.29, 1.82) is 0 Å². The van der Waals surface area contributed by atoms with Crippen molar-refractivity contribution in [2.24, 2.45) is 0 Å². The highest BCUT2D eigenvalue weighted by Crippen LogP contribution is 2.26. The van der Waals surface area contributed by atoms with Gasteiger partial charge in [0.15, 0.2) is 0 Å². The van der Waals surface area contributed by atoms with Crippen LogP contribution in [0.1, 0.15) is 11.3 Å². The summed E-state index contributed by atoms with van der Waals surface area (Å²) < 4.78 is 0. The van der Waals surface area contributed by atoms with Gasteiger partial charge in [-0.15, -0.1) is 0 Å². The maximum absolute atomic E-state index is 6.19. The van der Waals surface area contributed by atoms with Crippen LogP contribution in [0.25, 0.3) is 10.9 Å². The molecule has 3 N–H and O–H groups in total. The largest absolute Gasteiger partial charge is 0.399 e. The molecule has 0 atom stereocenters. The fourth-order valence-corrected chi connectivity index (χ4v) is 2.56. The van der Waals surface area contributed by atoms with Crippen molar-refractivity contribution in [1.82, 2.24) is 4.98 Å². The first-order valence-electron chi connectivity index (χ1n) is 6.77. The van der Waals surface area contributed by atoms with Crippen LogP contribution in [0.15, 0.2) is 48.5 Å². The number of hydrogen-bond acceptors (Lipinski definition) is 3. The Kier molecular flexibility index (Phi) is 3.67. The van der Waals surface area contributed by atoms with Crippen LogP contribution in [0, 0.1) is 6.92 Å². The molecule has 0 aliphatic rings. The lowest BCUT2D eigenvalue weighted by Gasteiger charge is -2.12. The van der Waals surface area contributed by atoms with Gasteiger partial charge in [-0.05, 0) is 42.8 Å². The Morgan fingerprint density at radius 1 is 1.14 bits per heavy atom. The fourth-order valence-electron chi connectivity index (χ4n) is 2.35. The first-order valence-corrected chi connectivity index (χ1v) is 7.15. The van der Waals surface area contributed by atoms with Crippen molar-refractivity contribution in [3.63, 3.8) is 0 Å². The van der Waals surface area contributed by atoms with E-state index in [1.54, 1.807) is 0 Å². The van der Waals surface area contributed by atoms with E-state index < -0.39 is 0 Å². The number of nitrogens with two attached hydrogens (primary N) is 1. The lowest BCUT2D eigenvalue weighted by molar-refractivity contribution is 1.14. The van der Waals surface area contributed by atoms with Crippen molar-refractivity contribution < 1.29 is 0 Å². The van der Waals surface area contributed by atoms with E-state index in [-0.39, 0.29) is 0 Å². The normalized spacial score (nSPS) is 10.8. The Labute approximate surface area is 128 Å². The first-order chi connectivity index (χ1) is 10.1. The van der Waals surface area contributed by atoms with Crippen molar-refractivity contribution in [3.05, 3.63) is 64.8 Å². The van der Waals surface area contributed by atoms with Gasteiger partial charge >= 0.3 is 0 Å². The Morgan fingerprint density at radius 2 is 1.95 bits per heavy atom. The van der Waals surface area contributed by atoms with Gasteiger partial charge in [0.2, 0.25) is 0 Å². The second-order valence-corrected chi connectivity index (χ2v) is 5.44. The highest BCUT2D eigenvalue weighted by atomic mass is 35.5. The summed E-state index contributed by atoms with van der Waals surface area (Å²) in [6, 6.07) is 15.6. The molecule has 0 fully saturated rings. The number of rotatable bonds is 3. The van der Waals surface area contributed by atoms with E-state index >= 15 is 0 Å². The number of hydrogen-bond donors (Lipinski definition) is 2. The smallest absolute Gasteiger partial charge is 0.0727 e. The molecular formula is C17H16ClN3. The summed E-state index contributed by atoms with van der Waals surface area (Å²) in [6.45, 7) is 2.64. The zero-order valence-corrected chi connectivity index (χ0v) is 12.5. The van der Waals surface area contributed by atoms with Crippen LogP contribution in [-0.4, -0.2) is 4.98 Å². The van der Waals surface area contributed by atoms with Gasteiger partial charge in [-0.25, -0.2) is 0 Å². The molecule has 2 aromatic carbocycles. The van der Waals surface area contributed by atoms with Gasteiger partial charge in [-0.1, -0.05) is 29.8 Å². The molecule has 21 heavy (non-hydrogen) atoms. The maximum atomic E-state index is 6.19. The summed E-state index contributed by atoms with van der Waals surface area (Å²) in [7, 11) is 0. The predicted octanol–water partition coefficient (Wildman–Crippen LogP) is 4.39. The second-order valence-electron chi connectivity index (χ2n) is 5.03. The minimum atomic E-state index is 0.660. The van der Waals surface area contributed by atoms with E-state index in [1.807, 2.05) is 55.5 Å². The minimum absolute atomic E-state index is 0.660. The molecule has 0 radical (unpaired) electrons. The van der Waals surface area contributed by atoms with E-state index in [0.29, 0.717) is 6.54 Å². The van der Waals surface area contributed by atoms with Gasteiger partial charge in [-0.3, -0.25) is 4.98 Å². The fraction of sp³-hybridized carbons (Fsp3) is 0.118. The van der Waals surface area contributed by atoms with Gasteiger partial charge < -0.3 is 11.1 Å². The molecule has 3 aromatic rings. The summed E-state index contributed by atoms with van der Waals surface area (Å²) in [4.78, 5) is 4.53. The molecule has 3 rings (SSSR count). The topological polar surface area (TPSA) is 50.9 Å². The Bertz CT molecular complexity index is 799. The zero-order chi connectivity index (χ0) is 14.8. The summed E-state index contributed by atoms with van der Waals surface area (Å²) in [5, 5.41) is 5.22. The quantitative estimate of drug-likeness (QED) is 0.705. The van der Waals surface area contributed by atoms with Crippen LogP contribution >= 0.6 is 11.6 Å². The average Bonchev–Trinajstić information content (AvgIpc) is 2.47. The molecule has 0 saturated heterocycles. The molecule has 3 nitrogen and oxygen atoms in total. The van der Waals surface area contributed by atoms with Gasteiger partial charge in [0, 0.05) is 34.0 Å². The van der Waals surface area contributed by atoms with E-state index in [0.717, 1.165) is 38.6 Å². The SMILES string of the molecule is Cc1cc(NCc2ccccc2Cl)c2cc(N)ccc2n1. The number of benzene rings is 2. The maximum Gasteiger partial charge on any atom is 0.0727 e. The highest BCUT2D eigenvalue weighted by molar-refractivity contribution is 6.31. The van der Waals surface area contributed by atoms with Crippen LogP contribution in [0.2, 0.25) is 5.02 Å². The van der Waals surface area contributed by atoms with E-state index in [1.165, 1.54) is 0 Å². The van der Waals surface area contributed by atoms with Crippen LogP contribution in [0.5, 0.6) is 0 Å². The summed E-state index contributed by atoms with van der Waals surface area (Å²) in [5.41, 5.74) is 10.6. The van der Waals surface area contributed by atoms with E-state index in [4.69, 9.17) is 17.3 Å². The molecule has 106 valence electrons. The number of halogens is 1. The molecule has 0 spiro atoms. The second kappa shape index (κ2) is 5.62. The van der Waals surface area contributed by atoms with Crippen LogP contribution in [0.3, 0.4) is 0 Å². The lowest BCUT2D eigenvalue weighted by atomic mass is 10.1. The Hall–Kier alpha value is -2.26. The number of nitrogen functional groups attached to an aromatic ring is 1. The zero-order valence-electron chi connectivity index (χ0n) is 11.7. The summed E-state index contributed by atoms with van der Waals surface area (Å²) in [6.07, 6.45) is 0. The molecular weight excluding hydrogens is 282 g/mol. The molecule has 0 aliphatic carbocycles. The summed E-state index contributed by atoms with van der Waals surface area (Å²) >= 11 is 6.19. The third-order valence-corrected chi connectivity index (χ3v) is 3.76. The Morgan fingerprint density at radius 3 is 2.76 bits per heavy atom. The predicted molar refractivity (Wildman–Crippen MR) is 89.7 cm³/mol. The van der Waals surface area contributed by atoms with Crippen molar-refractivity contribution >= 4 is 33.9 Å². The first kappa shape index (κ1) is 13.7. The Balaban J connectivity index is 1.96. The van der Waals surface area contributed by atoms with Crippen molar-refractivity contribution in [2.45, 2.75) is 13.5 Å². The van der Waals surface area contributed by atoms with Crippen molar-refractivity contribution in [3.8, 4) is 0 Å². The van der Waals surface area contributed by atoms with Crippen LogP contribution in [-0.2, 0) is 6.54 Å². The highest BCUT2D eigenvalue weighted by Gasteiger charge is 2.06. The van der Waals surface area contributed by atoms with Crippen molar-refractivity contribution in [2.75, 3.05) is 11.1 Å². The standard InChI is InChI=1S/C17H16ClN3/c1-11-8-17(14-9-13(19)6-7-16(14)21-11)20-10-12-4-2-3-5-15(12)18/h2-9H,10,19H2,1H3,(H,20,21). The van der Waals surface area contributed by atoms with Gasteiger partial charge in [0.05, 0.1) is 5.52 Å². The van der Waals surface area contributed by atoms with E-state index in [9.17, 15) is 0 Å². The number of aromatic nitrogens is 1.